The molecule has 33 heavy (non-hydrogen) atoms. The van der Waals surface area contributed by atoms with Crippen molar-refractivity contribution < 1.29 is 23.7 Å². The fourth-order valence-electron chi connectivity index (χ4n) is 4.27. The van der Waals surface area contributed by atoms with Gasteiger partial charge in [-0.15, -0.1) is 0 Å². The number of amides is 2. The number of carbonyl (C=O) groups excluding carboxylic acids is 1. The molecule has 7 nitrogen and oxygen atoms in total. The van der Waals surface area contributed by atoms with E-state index in [1.165, 1.54) is 38.5 Å². The fourth-order valence-corrected chi connectivity index (χ4v) is 4.40. The van der Waals surface area contributed by atoms with Gasteiger partial charge in [0.05, 0.1) is 0 Å². The molecule has 2 fully saturated rings. The zero-order valence-electron chi connectivity index (χ0n) is 20.1. The predicted octanol–water partition coefficient (Wildman–Crippen LogP) is 5.86. The lowest BCUT2D eigenvalue weighted by molar-refractivity contribution is -0.217. The van der Waals surface area contributed by atoms with Crippen LogP contribution in [0.4, 0.5) is 10.5 Å². The first-order valence-electron chi connectivity index (χ1n) is 12.3. The van der Waals surface area contributed by atoms with Crippen molar-refractivity contribution in [1.82, 2.24) is 5.32 Å². The van der Waals surface area contributed by atoms with E-state index >= 15 is 0 Å². The molecule has 0 unspecified atom stereocenters. The van der Waals surface area contributed by atoms with Gasteiger partial charge in [-0.2, -0.15) is 0 Å². The Labute approximate surface area is 202 Å². The van der Waals surface area contributed by atoms with Crippen LogP contribution in [-0.4, -0.2) is 49.6 Å². The van der Waals surface area contributed by atoms with Gasteiger partial charge in [-0.3, -0.25) is 0 Å². The van der Waals surface area contributed by atoms with Gasteiger partial charge in [0.15, 0.2) is 12.1 Å². The number of carbonyl (C=O) groups is 1. The summed E-state index contributed by atoms with van der Waals surface area (Å²) >= 11 is 5.89. The monoisotopic (exact) mass is 482 g/mol. The van der Waals surface area contributed by atoms with Gasteiger partial charge in [0.2, 0.25) is 0 Å². The molecule has 3 rings (SSSR count). The third-order valence-electron chi connectivity index (χ3n) is 5.96. The average Bonchev–Trinajstić information content (AvgIpc) is 3.24. The highest BCUT2D eigenvalue weighted by Crippen LogP contribution is 2.38. The lowest BCUT2D eigenvalue weighted by Gasteiger charge is -2.26. The van der Waals surface area contributed by atoms with Crippen LogP contribution >= 0.6 is 11.6 Å². The van der Waals surface area contributed by atoms with Crippen molar-refractivity contribution in [3.8, 4) is 0 Å². The molecule has 0 aliphatic carbocycles. The minimum Gasteiger partial charge on any atom is -0.373 e. The van der Waals surface area contributed by atoms with Crippen molar-refractivity contribution in [3.63, 3.8) is 0 Å². The molecule has 8 heteroatoms. The molecular formula is C25H39ClN2O5. The standard InChI is InChI=1S/C25H39ClN2O5/c1-4-5-6-7-8-9-10-11-16-30-21-20(31-23-22(21)32-25(2,3)33-23)17-27-24(29)28-19-14-12-18(26)13-15-19/h12-15,20-23H,4-11,16-17H2,1-3H3,(H2,27,28,29)/t20-,21-,22+,23+/m0/s1. The molecule has 186 valence electrons. The molecule has 2 saturated heterocycles. The van der Waals surface area contributed by atoms with Gasteiger partial charge < -0.3 is 29.6 Å². The molecule has 0 aromatic heterocycles. The van der Waals surface area contributed by atoms with Crippen molar-refractivity contribution in [3.05, 3.63) is 29.3 Å². The Morgan fingerprint density at radius 2 is 1.70 bits per heavy atom. The molecular weight excluding hydrogens is 444 g/mol. The summed E-state index contributed by atoms with van der Waals surface area (Å²) in [7, 11) is 0. The number of benzene rings is 1. The highest BCUT2D eigenvalue weighted by Gasteiger charge is 2.55. The van der Waals surface area contributed by atoms with Gasteiger partial charge in [-0.05, 0) is 44.5 Å². The Kier molecular flexibility index (Phi) is 10.3. The Hall–Kier alpha value is -1.38. The van der Waals surface area contributed by atoms with Crippen molar-refractivity contribution >= 4 is 23.3 Å². The zero-order chi connectivity index (χ0) is 23.7. The third kappa shape index (κ3) is 8.41. The van der Waals surface area contributed by atoms with E-state index in [1.54, 1.807) is 24.3 Å². The molecule has 0 radical (unpaired) electrons. The molecule has 2 heterocycles. The molecule has 4 atom stereocenters. The first kappa shape index (κ1) is 26.2. The Bertz CT molecular complexity index is 730. The predicted molar refractivity (Wildman–Crippen MR) is 130 cm³/mol. The highest BCUT2D eigenvalue weighted by molar-refractivity contribution is 6.30. The molecule has 1 aromatic carbocycles. The van der Waals surface area contributed by atoms with Crippen LogP contribution in [0.2, 0.25) is 5.02 Å². The molecule has 1 aromatic rings. The SMILES string of the molecule is CCCCCCCCCCO[C@@H]1[C@H]2OC(C)(C)O[C@H]2O[C@H]1CNC(=O)Nc1ccc(Cl)cc1. The van der Waals surface area contributed by atoms with E-state index in [2.05, 4.69) is 17.6 Å². The first-order valence-corrected chi connectivity index (χ1v) is 12.7. The van der Waals surface area contributed by atoms with Gasteiger partial charge in [0, 0.05) is 23.9 Å². The van der Waals surface area contributed by atoms with Crippen LogP contribution in [-0.2, 0) is 18.9 Å². The topological polar surface area (TPSA) is 78.1 Å². The second-order valence-electron chi connectivity index (χ2n) is 9.30. The fraction of sp³-hybridized carbons (Fsp3) is 0.720. The van der Waals surface area contributed by atoms with E-state index in [-0.39, 0.29) is 24.3 Å². The van der Waals surface area contributed by atoms with Gasteiger partial charge in [-0.25, -0.2) is 4.79 Å². The summed E-state index contributed by atoms with van der Waals surface area (Å²) < 4.78 is 24.2. The maximum atomic E-state index is 12.3. The van der Waals surface area contributed by atoms with E-state index < -0.39 is 12.1 Å². The summed E-state index contributed by atoms with van der Waals surface area (Å²) in [4.78, 5) is 12.3. The molecule has 0 bridgehead atoms. The van der Waals surface area contributed by atoms with E-state index in [0.717, 1.165) is 12.8 Å². The smallest absolute Gasteiger partial charge is 0.319 e. The van der Waals surface area contributed by atoms with Crippen molar-refractivity contribution in [2.24, 2.45) is 0 Å². The summed E-state index contributed by atoms with van der Waals surface area (Å²) in [5, 5.41) is 6.27. The summed E-state index contributed by atoms with van der Waals surface area (Å²) in [5.74, 6) is -0.709. The normalized spacial score (nSPS) is 25.7. The molecule has 2 aliphatic rings. The summed E-state index contributed by atoms with van der Waals surface area (Å²) in [6.45, 7) is 6.92. The maximum Gasteiger partial charge on any atom is 0.319 e. The number of unbranched alkanes of at least 4 members (excludes halogenated alkanes) is 7. The van der Waals surface area contributed by atoms with Crippen LogP contribution in [0.15, 0.2) is 24.3 Å². The van der Waals surface area contributed by atoms with Crippen molar-refractivity contribution in [2.45, 2.75) is 103 Å². The lowest BCUT2D eigenvalue weighted by atomic mass is 10.1. The van der Waals surface area contributed by atoms with E-state index in [0.29, 0.717) is 23.9 Å². The first-order chi connectivity index (χ1) is 15.9. The average molecular weight is 483 g/mol. The number of hydrogen-bond acceptors (Lipinski definition) is 5. The third-order valence-corrected chi connectivity index (χ3v) is 6.21. The Morgan fingerprint density at radius 3 is 2.39 bits per heavy atom. The number of fused-ring (bicyclic) bond motifs is 1. The number of urea groups is 1. The number of halogens is 1. The molecule has 0 spiro atoms. The number of anilines is 1. The highest BCUT2D eigenvalue weighted by atomic mass is 35.5. The van der Waals surface area contributed by atoms with Gasteiger partial charge in [0.25, 0.3) is 0 Å². The van der Waals surface area contributed by atoms with Crippen molar-refractivity contribution in [2.75, 3.05) is 18.5 Å². The summed E-state index contributed by atoms with van der Waals surface area (Å²) in [6.07, 6.45) is 8.52. The van der Waals surface area contributed by atoms with E-state index in [1.807, 2.05) is 13.8 Å². The second-order valence-corrected chi connectivity index (χ2v) is 9.73. The van der Waals surface area contributed by atoms with Gasteiger partial charge in [-0.1, -0.05) is 63.5 Å². The van der Waals surface area contributed by atoms with Crippen LogP contribution in [0.3, 0.4) is 0 Å². The maximum absolute atomic E-state index is 12.3. The zero-order valence-corrected chi connectivity index (χ0v) is 20.9. The minimum absolute atomic E-state index is 0.293. The molecule has 2 amide bonds. The van der Waals surface area contributed by atoms with E-state index in [9.17, 15) is 4.79 Å². The molecule has 2 aliphatic heterocycles. The lowest BCUT2D eigenvalue weighted by Crippen LogP contribution is -2.44. The van der Waals surface area contributed by atoms with Crippen molar-refractivity contribution in [1.29, 1.82) is 0 Å². The van der Waals surface area contributed by atoms with Crippen LogP contribution in [0.5, 0.6) is 0 Å². The summed E-state index contributed by atoms with van der Waals surface area (Å²) in [5.41, 5.74) is 0.664. The largest absolute Gasteiger partial charge is 0.373 e. The molecule has 0 saturated carbocycles. The Balaban J connectivity index is 1.42. The number of ether oxygens (including phenoxy) is 4. The van der Waals surface area contributed by atoms with Gasteiger partial charge >= 0.3 is 6.03 Å². The van der Waals surface area contributed by atoms with Gasteiger partial charge in [0.1, 0.15) is 18.3 Å². The van der Waals surface area contributed by atoms with E-state index in [4.69, 9.17) is 30.5 Å². The minimum atomic E-state index is -0.709. The van der Waals surface area contributed by atoms with Crippen LogP contribution in [0, 0.1) is 0 Å². The quantitative estimate of drug-likeness (QED) is 0.344. The van der Waals surface area contributed by atoms with Crippen LogP contribution < -0.4 is 10.6 Å². The second kappa shape index (κ2) is 12.9. The number of nitrogens with one attached hydrogen (secondary N) is 2. The summed E-state index contributed by atoms with van der Waals surface area (Å²) in [6, 6.07) is 6.63. The van der Waals surface area contributed by atoms with Crippen LogP contribution in [0.1, 0.15) is 72.1 Å². The Morgan fingerprint density at radius 1 is 1.03 bits per heavy atom. The molecule has 2 N–H and O–H groups in total. The van der Waals surface area contributed by atoms with Crippen LogP contribution in [0.25, 0.3) is 0 Å². The number of rotatable bonds is 13. The number of hydrogen-bond donors (Lipinski definition) is 2.